The highest BCUT2D eigenvalue weighted by Crippen LogP contribution is 2.08. The Morgan fingerprint density at radius 3 is 2.68 bits per heavy atom. The number of carboxylic acids is 1. The van der Waals surface area contributed by atoms with Gasteiger partial charge < -0.3 is 5.11 Å². The number of aromatic amines is 1. The van der Waals surface area contributed by atoms with Crippen molar-refractivity contribution in [2.75, 3.05) is 0 Å². The van der Waals surface area contributed by atoms with Gasteiger partial charge in [0.15, 0.2) is 5.82 Å². The number of carbonyl (C=O) groups is 1. The van der Waals surface area contributed by atoms with Crippen molar-refractivity contribution in [3.63, 3.8) is 0 Å². The van der Waals surface area contributed by atoms with E-state index in [1.807, 2.05) is 30.3 Å². The van der Waals surface area contributed by atoms with Crippen LogP contribution in [0.15, 0.2) is 59.5 Å². The maximum atomic E-state index is 12.1. The Hall–Kier alpha value is -3.15. The van der Waals surface area contributed by atoms with E-state index in [0.29, 0.717) is 6.42 Å². The number of carboxylic acid groups (broad SMARTS) is 1. The third-order valence-electron chi connectivity index (χ3n) is 3.23. The van der Waals surface area contributed by atoms with Crippen LogP contribution in [0, 0.1) is 0 Å². The fourth-order valence-electron chi connectivity index (χ4n) is 2.19. The van der Waals surface area contributed by atoms with Gasteiger partial charge in [0, 0.05) is 24.4 Å². The molecule has 0 aliphatic heterocycles. The number of hydrogen-bond donors (Lipinski definition) is 2. The number of aromatic carboxylic acids is 1. The molecule has 0 aliphatic carbocycles. The van der Waals surface area contributed by atoms with Gasteiger partial charge in [0.25, 0.3) is 5.56 Å². The molecule has 0 saturated heterocycles. The van der Waals surface area contributed by atoms with Gasteiger partial charge in [0.1, 0.15) is 0 Å². The van der Waals surface area contributed by atoms with Crippen molar-refractivity contribution in [1.82, 2.24) is 14.8 Å². The average Bonchev–Trinajstić information content (AvgIpc) is 2.89. The average molecular weight is 295 g/mol. The zero-order valence-electron chi connectivity index (χ0n) is 11.6. The molecular weight excluding hydrogens is 282 g/mol. The molecule has 3 rings (SSSR count). The standard InChI is InChI=1S/C16H13N3O3/c20-15-10-13(8-11-4-2-1-3-5-11)18-19(15)14-9-12(16(21)22)6-7-17-14/h1-7,9-10,18H,8H2,(H,21,22). The predicted octanol–water partition coefficient (Wildman–Crippen LogP) is 1.85. The van der Waals surface area contributed by atoms with Crippen LogP contribution in [0.1, 0.15) is 21.6 Å². The molecule has 110 valence electrons. The maximum Gasteiger partial charge on any atom is 0.335 e. The lowest BCUT2D eigenvalue weighted by molar-refractivity contribution is 0.0696. The normalized spacial score (nSPS) is 10.5. The zero-order valence-corrected chi connectivity index (χ0v) is 11.6. The third-order valence-corrected chi connectivity index (χ3v) is 3.23. The van der Waals surface area contributed by atoms with Crippen LogP contribution in [-0.2, 0) is 6.42 Å². The summed E-state index contributed by atoms with van der Waals surface area (Å²) in [6.45, 7) is 0. The highest BCUT2D eigenvalue weighted by atomic mass is 16.4. The smallest absolute Gasteiger partial charge is 0.335 e. The monoisotopic (exact) mass is 295 g/mol. The van der Waals surface area contributed by atoms with Gasteiger partial charge in [-0.15, -0.1) is 0 Å². The fourth-order valence-corrected chi connectivity index (χ4v) is 2.19. The Morgan fingerprint density at radius 2 is 1.95 bits per heavy atom. The van der Waals surface area contributed by atoms with Crippen molar-refractivity contribution in [3.05, 3.63) is 81.9 Å². The molecule has 2 N–H and O–H groups in total. The van der Waals surface area contributed by atoms with Gasteiger partial charge in [-0.05, 0) is 17.7 Å². The molecule has 0 saturated carbocycles. The number of hydrogen-bond acceptors (Lipinski definition) is 3. The topological polar surface area (TPSA) is 88.0 Å². The number of aromatic nitrogens is 3. The predicted molar refractivity (Wildman–Crippen MR) is 80.4 cm³/mol. The van der Waals surface area contributed by atoms with Gasteiger partial charge >= 0.3 is 5.97 Å². The summed E-state index contributed by atoms with van der Waals surface area (Å²) in [6.07, 6.45) is 1.95. The molecule has 3 aromatic rings. The second-order valence-corrected chi connectivity index (χ2v) is 4.83. The van der Waals surface area contributed by atoms with Gasteiger partial charge in [-0.2, -0.15) is 0 Å². The molecule has 2 aromatic heterocycles. The van der Waals surface area contributed by atoms with E-state index in [9.17, 15) is 9.59 Å². The first-order valence-electron chi connectivity index (χ1n) is 6.68. The van der Waals surface area contributed by atoms with Crippen LogP contribution in [0.2, 0.25) is 0 Å². The van der Waals surface area contributed by atoms with Crippen LogP contribution in [0.5, 0.6) is 0 Å². The summed E-state index contributed by atoms with van der Waals surface area (Å²) in [5, 5.41) is 12.0. The summed E-state index contributed by atoms with van der Waals surface area (Å²) in [7, 11) is 0. The van der Waals surface area contributed by atoms with Gasteiger partial charge in [-0.3, -0.25) is 9.89 Å². The molecule has 6 nitrogen and oxygen atoms in total. The fraction of sp³-hybridized carbons (Fsp3) is 0.0625. The quantitative estimate of drug-likeness (QED) is 0.769. The lowest BCUT2D eigenvalue weighted by atomic mass is 10.1. The van der Waals surface area contributed by atoms with Crippen molar-refractivity contribution in [2.24, 2.45) is 0 Å². The van der Waals surface area contributed by atoms with E-state index in [-0.39, 0.29) is 16.9 Å². The molecule has 0 radical (unpaired) electrons. The molecule has 0 aliphatic rings. The number of rotatable bonds is 4. The number of H-pyrrole nitrogens is 1. The Bertz CT molecular complexity index is 866. The van der Waals surface area contributed by atoms with Crippen molar-refractivity contribution < 1.29 is 9.90 Å². The number of nitrogens with zero attached hydrogens (tertiary/aromatic N) is 2. The minimum absolute atomic E-state index is 0.0797. The minimum Gasteiger partial charge on any atom is -0.478 e. The van der Waals surface area contributed by atoms with Crippen LogP contribution >= 0.6 is 0 Å². The third kappa shape index (κ3) is 2.80. The lowest BCUT2D eigenvalue weighted by Crippen LogP contribution is -2.15. The molecule has 2 heterocycles. The minimum atomic E-state index is -1.06. The molecule has 1 aromatic carbocycles. The first kappa shape index (κ1) is 13.8. The van der Waals surface area contributed by atoms with Gasteiger partial charge in [0.05, 0.1) is 5.56 Å². The summed E-state index contributed by atoms with van der Waals surface area (Å²) in [5.74, 6) is -0.808. The summed E-state index contributed by atoms with van der Waals surface area (Å²) < 4.78 is 1.24. The van der Waals surface area contributed by atoms with Crippen LogP contribution in [0.4, 0.5) is 0 Å². The van der Waals surface area contributed by atoms with E-state index in [2.05, 4.69) is 10.1 Å². The molecule has 6 heteroatoms. The summed E-state index contributed by atoms with van der Waals surface area (Å²) in [6, 6.07) is 14.0. The number of benzene rings is 1. The van der Waals surface area contributed by atoms with Gasteiger partial charge in [-0.1, -0.05) is 30.3 Å². The largest absolute Gasteiger partial charge is 0.478 e. The van der Waals surface area contributed by atoms with E-state index in [1.54, 1.807) is 0 Å². The molecule has 0 fully saturated rings. The van der Waals surface area contributed by atoms with E-state index in [1.165, 1.54) is 29.1 Å². The van der Waals surface area contributed by atoms with Crippen LogP contribution in [0.25, 0.3) is 5.82 Å². The Balaban J connectivity index is 1.94. The van der Waals surface area contributed by atoms with Gasteiger partial charge in [-0.25, -0.2) is 14.5 Å². The molecule has 0 amide bonds. The van der Waals surface area contributed by atoms with Crippen molar-refractivity contribution in [2.45, 2.75) is 6.42 Å². The molecule has 0 unspecified atom stereocenters. The Kier molecular flexibility index (Phi) is 3.57. The number of nitrogens with one attached hydrogen (secondary N) is 1. The highest BCUT2D eigenvalue weighted by molar-refractivity contribution is 5.87. The van der Waals surface area contributed by atoms with E-state index >= 15 is 0 Å². The Labute approximate surface area is 125 Å². The highest BCUT2D eigenvalue weighted by Gasteiger charge is 2.10. The second kappa shape index (κ2) is 5.69. The van der Waals surface area contributed by atoms with Crippen LogP contribution < -0.4 is 5.56 Å². The lowest BCUT2D eigenvalue weighted by Gasteiger charge is -2.02. The number of pyridine rings is 1. The van der Waals surface area contributed by atoms with Crippen molar-refractivity contribution >= 4 is 5.97 Å². The van der Waals surface area contributed by atoms with Crippen molar-refractivity contribution in [3.8, 4) is 5.82 Å². The SMILES string of the molecule is O=C(O)c1ccnc(-n2[nH]c(Cc3ccccc3)cc2=O)c1. The molecule has 0 atom stereocenters. The summed E-state index contributed by atoms with van der Waals surface area (Å²) >= 11 is 0. The van der Waals surface area contributed by atoms with E-state index in [4.69, 9.17) is 5.11 Å². The first-order valence-corrected chi connectivity index (χ1v) is 6.68. The summed E-state index contributed by atoms with van der Waals surface area (Å²) in [5.41, 5.74) is 1.61. The Morgan fingerprint density at radius 1 is 1.18 bits per heavy atom. The zero-order chi connectivity index (χ0) is 15.5. The van der Waals surface area contributed by atoms with Crippen molar-refractivity contribution in [1.29, 1.82) is 0 Å². The molecule has 22 heavy (non-hydrogen) atoms. The second-order valence-electron chi connectivity index (χ2n) is 4.83. The van der Waals surface area contributed by atoms with Gasteiger partial charge in [0.2, 0.25) is 0 Å². The first-order chi connectivity index (χ1) is 10.6. The van der Waals surface area contributed by atoms with Crippen LogP contribution in [-0.4, -0.2) is 25.8 Å². The van der Waals surface area contributed by atoms with E-state index < -0.39 is 5.97 Å². The van der Waals surface area contributed by atoms with E-state index in [0.717, 1.165) is 11.3 Å². The maximum absolute atomic E-state index is 12.1. The summed E-state index contributed by atoms with van der Waals surface area (Å²) in [4.78, 5) is 27.1. The molecule has 0 spiro atoms. The van der Waals surface area contributed by atoms with Crippen LogP contribution in [0.3, 0.4) is 0 Å². The molecular formula is C16H13N3O3. The molecule has 0 bridgehead atoms.